The lowest BCUT2D eigenvalue weighted by Crippen LogP contribution is -1.95. The molecule has 0 radical (unpaired) electrons. The Hall–Kier alpha value is 1.75. The molecule has 2 saturated heterocycles. The lowest BCUT2D eigenvalue weighted by molar-refractivity contribution is 1.26. The van der Waals surface area contributed by atoms with E-state index in [2.05, 4.69) is 58.8 Å². The highest BCUT2D eigenvalue weighted by atomic mass is 32.2. The molecule has 0 bridgehead atoms. The Kier molecular flexibility index (Phi) is 7.00. The minimum Gasteiger partial charge on any atom is -0.160 e. The van der Waals surface area contributed by atoms with E-state index in [4.69, 9.17) is 0 Å². The summed E-state index contributed by atoms with van der Waals surface area (Å²) in [5.41, 5.74) is 0. The minimum absolute atomic E-state index is 1.02. The maximum atomic E-state index is 2.15. The standard InChI is InChI=1S/C10H18S5/c1(3-12-5-9-7-14-9)11-2-4-13-6-10-8-15-10/h9-10H,1-8H2. The zero-order valence-electron chi connectivity index (χ0n) is 8.85. The van der Waals surface area contributed by atoms with Crippen molar-refractivity contribution in [2.75, 3.05) is 46.0 Å². The quantitative estimate of drug-likeness (QED) is 0.446. The first-order valence-electron chi connectivity index (χ1n) is 5.41. The molecular formula is C10H18S5. The van der Waals surface area contributed by atoms with E-state index in [0.29, 0.717) is 0 Å². The molecular weight excluding hydrogens is 280 g/mol. The van der Waals surface area contributed by atoms with Gasteiger partial charge in [0.25, 0.3) is 0 Å². The van der Waals surface area contributed by atoms with Crippen molar-refractivity contribution in [3.8, 4) is 0 Å². The molecule has 2 rings (SSSR count). The summed E-state index contributed by atoms with van der Waals surface area (Å²) >= 11 is 10.7. The Morgan fingerprint density at radius 1 is 0.733 bits per heavy atom. The first-order valence-corrected chi connectivity index (χ1v) is 11.0. The van der Waals surface area contributed by atoms with Crippen molar-refractivity contribution in [1.82, 2.24) is 0 Å². The molecule has 0 aromatic heterocycles. The number of thioether (sulfide) groups is 5. The zero-order chi connectivity index (χ0) is 10.3. The monoisotopic (exact) mass is 298 g/mol. The second-order valence-electron chi connectivity index (χ2n) is 3.67. The van der Waals surface area contributed by atoms with E-state index in [1.165, 1.54) is 46.0 Å². The van der Waals surface area contributed by atoms with Crippen LogP contribution in [0.15, 0.2) is 0 Å². The van der Waals surface area contributed by atoms with E-state index in [9.17, 15) is 0 Å². The molecule has 2 aliphatic rings. The summed E-state index contributed by atoms with van der Waals surface area (Å²) in [5, 5.41) is 2.04. The average molecular weight is 299 g/mol. The maximum Gasteiger partial charge on any atom is 0.0229 e. The van der Waals surface area contributed by atoms with Crippen LogP contribution < -0.4 is 0 Å². The van der Waals surface area contributed by atoms with Crippen LogP contribution in [0.5, 0.6) is 0 Å². The Labute approximate surface area is 115 Å². The van der Waals surface area contributed by atoms with Gasteiger partial charge in [-0.25, -0.2) is 0 Å². The molecule has 0 aromatic rings. The van der Waals surface area contributed by atoms with Gasteiger partial charge in [-0.05, 0) is 0 Å². The van der Waals surface area contributed by atoms with Gasteiger partial charge in [0, 0.05) is 56.5 Å². The molecule has 2 unspecified atom stereocenters. The molecule has 2 atom stereocenters. The van der Waals surface area contributed by atoms with Gasteiger partial charge in [-0.15, -0.1) is 0 Å². The zero-order valence-corrected chi connectivity index (χ0v) is 12.9. The second-order valence-corrected chi connectivity index (χ2v) is 9.86. The molecule has 0 spiro atoms. The van der Waals surface area contributed by atoms with Crippen molar-refractivity contribution in [2.45, 2.75) is 10.5 Å². The van der Waals surface area contributed by atoms with Crippen molar-refractivity contribution >= 4 is 58.8 Å². The van der Waals surface area contributed by atoms with Crippen LogP contribution in [0.2, 0.25) is 0 Å². The molecule has 2 fully saturated rings. The molecule has 0 N–H and O–H groups in total. The summed E-state index contributed by atoms with van der Waals surface area (Å²) in [6.07, 6.45) is 0. The summed E-state index contributed by atoms with van der Waals surface area (Å²) in [6, 6.07) is 0. The van der Waals surface area contributed by atoms with Crippen molar-refractivity contribution in [3.63, 3.8) is 0 Å². The molecule has 2 aliphatic heterocycles. The lowest BCUT2D eigenvalue weighted by atomic mass is 10.6. The molecule has 0 amide bonds. The predicted octanol–water partition coefficient (Wildman–Crippen LogP) is 3.42. The van der Waals surface area contributed by atoms with Gasteiger partial charge in [-0.2, -0.15) is 58.8 Å². The molecule has 88 valence electrons. The Morgan fingerprint density at radius 3 is 1.53 bits per heavy atom. The minimum atomic E-state index is 1.02. The van der Waals surface area contributed by atoms with Gasteiger partial charge in [-0.1, -0.05) is 0 Å². The number of hydrogen-bond donors (Lipinski definition) is 0. The Bertz CT molecular complexity index is 149. The SMILES string of the molecule is C(CSCC1CS1)SCCSCC1CS1. The van der Waals surface area contributed by atoms with E-state index < -0.39 is 0 Å². The summed E-state index contributed by atoms with van der Waals surface area (Å²) in [6.45, 7) is 0. The second kappa shape index (κ2) is 7.96. The highest BCUT2D eigenvalue weighted by Crippen LogP contribution is 2.33. The van der Waals surface area contributed by atoms with Gasteiger partial charge in [0.2, 0.25) is 0 Å². The van der Waals surface area contributed by atoms with Gasteiger partial charge in [0.05, 0.1) is 0 Å². The summed E-state index contributed by atoms with van der Waals surface area (Å²) in [4.78, 5) is 0. The molecule has 0 nitrogen and oxygen atoms in total. The summed E-state index contributed by atoms with van der Waals surface area (Å²) in [7, 11) is 0. The largest absolute Gasteiger partial charge is 0.160 e. The van der Waals surface area contributed by atoms with Crippen molar-refractivity contribution < 1.29 is 0 Å². The summed E-state index contributed by atoms with van der Waals surface area (Å²) in [5.74, 6) is 11.1. The van der Waals surface area contributed by atoms with Crippen molar-refractivity contribution in [1.29, 1.82) is 0 Å². The van der Waals surface area contributed by atoms with Crippen LogP contribution >= 0.6 is 58.8 Å². The topological polar surface area (TPSA) is 0 Å². The van der Waals surface area contributed by atoms with Crippen molar-refractivity contribution in [3.05, 3.63) is 0 Å². The molecule has 15 heavy (non-hydrogen) atoms. The van der Waals surface area contributed by atoms with Crippen LogP contribution in [0.4, 0.5) is 0 Å². The van der Waals surface area contributed by atoms with Gasteiger partial charge >= 0.3 is 0 Å². The van der Waals surface area contributed by atoms with Gasteiger partial charge in [0.1, 0.15) is 0 Å². The van der Waals surface area contributed by atoms with Crippen LogP contribution in [0, 0.1) is 0 Å². The third kappa shape index (κ3) is 7.63. The fraction of sp³-hybridized carbons (Fsp3) is 1.00. The van der Waals surface area contributed by atoms with Gasteiger partial charge in [0.15, 0.2) is 0 Å². The molecule has 0 aliphatic carbocycles. The third-order valence-corrected chi connectivity index (χ3v) is 8.29. The molecule has 0 saturated carbocycles. The Morgan fingerprint density at radius 2 is 1.13 bits per heavy atom. The van der Waals surface area contributed by atoms with Crippen LogP contribution in [0.3, 0.4) is 0 Å². The van der Waals surface area contributed by atoms with Crippen molar-refractivity contribution in [2.24, 2.45) is 0 Å². The fourth-order valence-corrected chi connectivity index (χ4v) is 6.43. The molecule has 2 heterocycles. The van der Waals surface area contributed by atoms with E-state index >= 15 is 0 Å². The highest BCUT2D eigenvalue weighted by molar-refractivity contribution is 8.09. The van der Waals surface area contributed by atoms with E-state index in [1.807, 2.05) is 0 Å². The maximum absolute atomic E-state index is 2.15. The van der Waals surface area contributed by atoms with Crippen LogP contribution in [0.1, 0.15) is 0 Å². The van der Waals surface area contributed by atoms with E-state index in [1.54, 1.807) is 0 Å². The first-order chi connectivity index (χ1) is 7.45. The summed E-state index contributed by atoms with van der Waals surface area (Å²) < 4.78 is 0. The normalized spacial score (nSPS) is 28.0. The van der Waals surface area contributed by atoms with E-state index in [0.717, 1.165) is 10.5 Å². The predicted molar refractivity (Wildman–Crippen MR) is 84.5 cm³/mol. The molecule has 5 heteroatoms. The number of hydrogen-bond acceptors (Lipinski definition) is 5. The smallest absolute Gasteiger partial charge is 0.0229 e. The fourth-order valence-electron chi connectivity index (χ4n) is 1.10. The van der Waals surface area contributed by atoms with Crippen LogP contribution in [-0.4, -0.2) is 56.5 Å². The number of rotatable bonds is 10. The first kappa shape index (κ1) is 13.2. The molecule has 0 aromatic carbocycles. The average Bonchev–Trinajstić information content (AvgIpc) is 3.10. The van der Waals surface area contributed by atoms with Crippen LogP contribution in [0.25, 0.3) is 0 Å². The van der Waals surface area contributed by atoms with Gasteiger partial charge in [-0.3, -0.25) is 0 Å². The third-order valence-electron chi connectivity index (χ3n) is 2.16. The van der Waals surface area contributed by atoms with Crippen LogP contribution in [-0.2, 0) is 0 Å². The highest BCUT2D eigenvalue weighted by Gasteiger charge is 2.22. The van der Waals surface area contributed by atoms with Gasteiger partial charge < -0.3 is 0 Å². The van der Waals surface area contributed by atoms with E-state index in [-0.39, 0.29) is 0 Å². The Balaban J connectivity index is 1.23. The lowest BCUT2D eigenvalue weighted by Gasteiger charge is -2.01.